The van der Waals surface area contributed by atoms with Crippen molar-refractivity contribution in [3.05, 3.63) is 76.1 Å². The van der Waals surface area contributed by atoms with Gasteiger partial charge in [-0.05, 0) is 54.8 Å². The lowest BCUT2D eigenvalue weighted by molar-refractivity contribution is -0.140. The van der Waals surface area contributed by atoms with Crippen LogP contribution in [0.2, 0.25) is 5.02 Å². The maximum Gasteiger partial charge on any atom is 0.295 e. The van der Waals surface area contributed by atoms with E-state index in [0.29, 0.717) is 17.2 Å². The summed E-state index contributed by atoms with van der Waals surface area (Å²) in [4.78, 5) is 27.2. The van der Waals surface area contributed by atoms with Crippen LogP contribution in [0.3, 0.4) is 0 Å². The number of ketones is 1. The minimum Gasteiger partial charge on any atom is -0.507 e. The summed E-state index contributed by atoms with van der Waals surface area (Å²) >= 11 is 6.14. The van der Waals surface area contributed by atoms with Crippen molar-refractivity contribution in [2.45, 2.75) is 25.0 Å². The van der Waals surface area contributed by atoms with Crippen LogP contribution in [0.5, 0.6) is 0 Å². The van der Waals surface area contributed by atoms with E-state index in [0.717, 1.165) is 12.8 Å². The topological polar surface area (TPSA) is 66.8 Å². The van der Waals surface area contributed by atoms with Gasteiger partial charge in [0.25, 0.3) is 11.7 Å². The molecule has 2 saturated heterocycles. The molecule has 2 fully saturated rings. The average Bonchev–Trinajstić information content (AvgIpc) is 3.30. The van der Waals surface area contributed by atoms with Gasteiger partial charge in [0.1, 0.15) is 11.6 Å². The number of halogens is 2. The van der Waals surface area contributed by atoms with Gasteiger partial charge >= 0.3 is 0 Å². The molecule has 2 heterocycles. The van der Waals surface area contributed by atoms with Gasteiger partial charge in [-0.25, -0.2) is 4.39 Å². The zero-order valence-electron chi connectivity index (χ0n) is 15.5. The third kappa shape index (κ3) is 3.78. The summed E-state index contributed by atoms with van der Waals surface area (Å²) in [5, 5.41) is 11.3. The van der Waals surface area contributed by atoms with Gasteiger partial charge in [0.05, 0.1) is 17.7 Å². The highest BCUT2D eigenvalue weighted by Crippen LogP contribution is 2.40. The van der Waals surface area contributed by atoms with Crippen LogP contribution in [-0.4, -0.2) is 41.0 Å². The molecule has 0 radical (unpaired) electrons. The molecule has 150 valence electrons. The molecule has 4 rings (SSSR count). The second-order valence-corrected chi connectivity index (χ2v) is 7.58. The number of Topliss-reactive ketones (excluding diaryl/α,β-unsaturated/α-hetero) is 1. The van der Waals surface area contributed by atoms with Crippen molar-refractivity contribution in [1.82, 2.24) is 4.90 Å². The summed E-state index contributed by atoms with van der Waals surface area (Å²) < 4.78 is 18.9. The number of aliphatic hydroxyl groups excluding tert-OH is 1. The van der Waals surface area contributed by atoms with Gasteiger partial charge in [-0.3, -0.25) is 9.59 Å². The number of ether oxygens (including phenoxy) is 1. The van der Waals surface area contributed by atoms with Crippen LogP contribution in [0.4, 0.5) is 4.39 Å². The van der Waals surface area contributed by atoms with E-state index in [4.69, 9.17) is 16.3 Å². The fraction of sp³-hybridized carbons (Fsp3) is 0.273. The monoisotopic (exact) mass is 415 g/mol. The number of carbonyl (C=O) groups is 2. The van der Waals surface area contributed by atoms with Crippen LogP contribution in [0.25, 0.3) is 5.76 Å². The molecule has 0 bridgehead atoms. The predicted molar refractivity (Wildman–Crippen MR) is 106 cm³/mol. The Bertz CT molecular complexity index is 983. The highest BCUT2D eigenvalue weighted by atomic mass is 35.5. The number of hydrogen-bond donors (Lipinski definition) is 1. The van der Waals surface area contributed by atoms with Crippen LogP contribution in [0.15, 0.2) is 54.1 Å². The molecule has 0 aromatic heterocycles. The first kappa shape index (κ1) is 19.6. The quantitative estimate of drug-likeness (QED) is 0.464. The van der Waals surface area contributed by atoms with Crippen molar-refractivity contribution in [2.75, 3.05) is 13.2 Å². The van der Waals surface area contributed by atoms with E-state index in [2.05, 4.69) is 0 Å². The molecule has 2 unspecified atom stereocenters. The highest BCUT2D eigenvalue weighted by Gasteiger charge is 2.47. The van der Waals surface area contributed by atoms with Crippen LogP contribution < -0.4 is 0 Å². The third-order valence-electron chi connectivity index (χ3n) is 5.25. The Morgan fingerprint density at radius 3 is 2.62 bits per heavy atom. The van der Waals surface area contributed by atoms with Gasteiger partial charge in [0.15, 0.2) is 0 Å². The van der Waals surface area contributed by atoms with Crippen molar-refractivity contribution in [1.29, 1.82) is 0 Å². The lowest BCUT2D eigenvalue weighted by atomic mass is 9.95. The zero-order chi connectivity index (χ0) is 20.5. The molecular weight excluding hydrogens is 397 g/mol. The van der Waals surface area contributed by atoms with E-state index in [1.807, 2.05) is 0 Å². The molecule has 2 aliphatic heterocycles. The molecule has 2 atom stereocenters. The maximum absolute atomic E-state index is 13.3. The number of rotatable bonds is 4. The molecule has 2 aromatic rings. The van der Waals surface area contributed by atoms with Crippen molar-refractivity contribution >= 4 is 29.1 Å². The first-order valence-corrected chi connectivity index (χ1v) is 9.75. The molecule has 29 heavy (non-hydrogen) atoms. The number of benzene rings is 2. The standard InChI is InChI=1S/C22H19ClFNO4/c23-15-4-1-3-14(11-15)19-18(20(26)13-6-8-16(24)9-7-13)21(27)22(28)25(19)12-17-5-2-10-29-17/h1,3-4,6-9,11,17,19,26H,2,5,10,12H2/b20-18+. The molecule has 0 aliphatic carbocycles. The largest absolute Gasteiger partial charge is 0.507 e. The van der Waals surface area contributed by atoms with E-state index < -0.39 is 23.5 Å². The predicted octanol–water partition coefficient (Wildman–Crippen LogP) is 4.08. The Kier molecular flexibility index (Phi) is 5.39. The Morgan fingerprint density at radius 2 is 1.97 bits per heavy atom. The smallest absolute Gasteiger partial charge is 0.295 e. The minimum atomic E-state index is -0.803. The SMILES string of the molecule is O=C1C(=O)N(CC2CCCO2)C(c2cccc(Cl)c2)/C1=C(\O)c1ccc(F)cc1. The van der Waals surface area contributed by atoms with E-state index in [9.17, 15) is 19.1 Å². The Morgan fingerprint density at radius 1 is 1.21 bits per heavy atom. The van der Waals surface area contributed by atoms with Gasteiger partial charge in [0, 0.05) is 23.7 Å². The molecule has 5 nitrogen and oxygen atoms in total. The van der Waals surface area contributed by atoms with Crippen LogP contribution in [0.1, 0.15) is 30.0 Å². The lowest BCUT2D eigenvalue weighted by Gasteiger charge is -2.27. The number of hydrogen-bond acceptors (Lipinski definition) is 4. The number of likely N-dealkylation sites (tertiary alicyclic amines) is 1. The second-order valence-electron chi connectivity index (χ2n) is 7.15. The molecule has 1 amide bonds. The van der Waals surface area contributed by atoms with Crippen LogP contribution in [0, 0.1) is 5.82 Å². The Labute approximate surface area is 172 Å². The first-order valence-electron chi connectivity index (χ1n) is 9.37. The lowest BCUT2D eigenvalue weighted by Crippen LogP contribution is -2.36. The molecule has 0 spiro atoms. The fourth-order valence-electron chi connectivity index (χ4n) is 3.86. The maximum atomic E-state index is 13.3. The van der Waals surface area contributed by atoms with E-state index in [1.165, 1.54) is 29.2 Å². The van der Waals surface area contributed by atoms with Gasteiger partial charge in [-0.15, -0.1) is 0 Å². The summed E-state index contributed by atoms with van der Waals surface area (Å²) in [5.74, 6) is -2.29. The van der Waals surface area contributed by atoms with Crippen molar-refractivity contribution < 1.29 is 23.8 Å². The number of carbonyl (C=O) groups excluding carboxylic acids is 2. The van der Waals surface area contributed by atoms with Crippen molar-refractivity contribution in [2.24, 2.45) is 0 Å². The van der Waals surface area contributed by atoms with Crippen LogP contribution >= 0.6 is 11.6 Å². The van der Waals surface area contributed by atoms with Gasteiger partial charge < -0.3 is 14.7 Å². The van der Waals surface area contributed by atoms with Gasteiger partial charge in [-0.1, -0.05) is 23.7 Å². The van der Waals surface area contributed by atoms with Gasteiger partial charge in [0.2, 0.25) is 0 Å². The van der Waals surface area contributed by atoms with Crippen molar-refractivity contribution in [3.8, 4) is 0 Å². The summed E-state index contributed by atoms with van der Waals surface area (Å²) in [6.07, 6.45) is 1.52. The van der Waals surface area contributed by atoms with E-state index in [1.54, 1.807) is 24.3 Å². The Balaban J connectivity index is 1.83. The minimum absolute atomic E-state index is 0.0399. The van der Waals surface area contributed by atoms with Crippen molar-refractivity contribution in [3.63, 3.8) is 0 Å². The summed E-state index contributed by atoms with van der Waals surface area (Å²) in [6, 6.07) is 11.1. The summed E-state index contributed by atoms with van der Waals surface area (Å²) in [7, 11) is 0. The molecule has 2 aliphatic rings. The Hall–Kier alpha value is -2.70. The second kappa shape index (κ2) is 7.97. The van der Waals surface area contributed by atoms with E-state index >= 15 is 0 Å². The molecular formula is C22H19ClFNO4. The van der Waals surface area contributed by atoms with Crippen LogP contribution in [-0.2, 0) is 14.3 Å². The number of aliphatic hydroxyl groups is 1. The number of nitrogens with zero attached hydrogens (tertiary/aromatic N) is 1. The number of amides is 1. The molecule has 7 heteroatoms. The van der Waals surface area contributed by atoms with E-state index in [-0.39, 0.29) is 29.5 Å². The first-order chi connectivity index (χ1) is 14.0. The average molecular weight is 416 g/mol. The zero-order valence-corrected chi connectivity index (χ0v) is 16.2. The van der Waals surface area contributed by atoms with Gasteiger partial charge in [-0.2, -0.15) is 0 Å². The summed E-state index contributed by atoms with van der Waals surface area (Å²) in [6.45, 7) is 0.855. The fourth-order valence-corrected chi connectivity index (χ4v) is 4.06. The third-order valence-corrected chi connectivity index (χ3v) is 5.48. The summed E-state index contributed by atoms with van der Waals surface area (Å²) in [5.41, 5.74) is 0.828. The molecule has 1 N–H and O–H groups in total. The molecule has 2 aromatic carbocycles. The highest BCUT2D eigenvalue weighted by molar-refractivity contribution is 6.46. The molecule has 0 saturated carbocycles. The normalized spacial score (nSPS) is 23.7.